The molecule has 2 heterocycles. The van der Waals surface area contributed by atoms with Gasteiger partial charge < -0.3 is 9.73 Å². The molecular formula is C14H17FN2O. The van der Waals surface area contributed by atoms with Gasteiger partial charge in [0, 0.05) is 17.3 Å². The van der Waals surface area contributed by atoms with Crippen molar-refractivity contribution in [2.75, 3.05) is 7.05 Å². The number of pyridine rings is 1. The van der Waals surface area contributed by atoms with E-state index < -0.39 is 0 Å². The Bertz CT molecular complexity index is 563. The first-order valence-electron chi connectivity index (χ1n) is 5.89. The van der Waals surface area contributed by atoms with Gasteiger partial charge in [-0.05, 0) is 39.4 Å². The first-order valence-corrected chi connectivity index (χ1v) is 5.89. The van der Waals surface area contributed by atoms with Crippen LogP contribution in [0.5, 0.6) is 0 Å². The second-order valence-corrected chi connectivity index (χ2v) is 4.37. The fourth-order valence-corrected chi connectivity index (χ4v) is 2.31. The minimum absolute atomic E-state index is 0.217. The van der Waals surface area contributed by atoms with Crippen LogP contribution in [0.3, 0.4) is 0 Å². The number of nitrogens with zero attached hydrogens (tertiary/aromatic N) is 1. The van der Waals surface area contributed by atoms with Gasteiger partial charge in [0.1, 0.15) is 17.3 Å². The summed E-state index contributed by atoms with van der Waals surface area (Å²) in [7, 11) is 1.81. The molecule has 18 heavy (non-hydrogen) atoms. The minimum atomic E-state index is -0.311. The number of aromatic nitrogens is 1. The summed E-state index contributed by atoms with van der Waals surface area (Å²) in [6, 6.07) is 1.47. The summed E-state index contributed by atoms with van der Waals surface area (Å²) in [6.45, 7) is 5.81. The van der Waals surface area contributed by atoms with Crippen LogP contribution in [0.4, 0.5) is 4.39 Å². The van der Waals surface area contributed by atoms with E-state index in [-0.39, 0.29) is 11.9 Å². The Labute approximate surface area is 106 Å². The molecule has 0 bridgehead atoms. The number of hydrogen-bond acceptors (Lipinski definition) is 3. The van der Waals surface area contributed by atoms with Gasteiger partial charge in [0.25, 0.3) is 0 Å². The summed E-state index contributed by atoms with van der Waals surface area (Å²) in [5.41, 5.74) is 2.64. The van der Waals surface area contributed by atoms with Crippen molar-refractivity contribution in [2.45, 2.75) is 26.8 Å². The van der Waals surface area contributed by atoms with Crippen molar-refractivity contribution in [1.82, 2.24) is 10.3 Å². The van der Waals surface area contributed by atoms with Crippen LogP contribution in [0.15, 0.2) is 22.9 Å². The van der Waals surface area contributed by atoms with Crippen molar-refractivity contribution < 1.29 is 8.81 Å². The molecule has 96 valence electrons. The summed E-state index contributed by atoms with van der Waals surface area (Å²) in [6.07, 6.45) is 2.83. The summed E-state index contributed by atoms with van der Waals surface area (Å²) < 4.78 is 19.5. The van der Waals surface area contributed by atoms with Crippen molar-refractivity contribution in [3.63, 3.8) is 0 Å². The zero-order chi connectivity index (χ0) is 13.3. The van der Waals surface area contributed by atoms with Crippen LogP contribution in [0.1, 0.15) is 34.3 Å². The molecule has 1 unspecified atom stereocenters. The van der Waals surface area contributed by atoms with Gasteiger partial charge in [-0.3, -0.25) is 4.98 Å². The van der Waals surface area contributed by atoms with E-state index in [2.05, 4.69) is 10.3 Å². The maximum absolute atomic E-state index is 13.8. The number of aryl methyl sites for hydroxylation is 2. The molecule has 3 nitrogen and oxygen atoms in total. The second kappa shape index (κ2) is 4.90. The van der Waals surface area contributed by atoms with E-state index in [1.54, 1.807) is 12.3 Å². The lowest BCUT2D eigenvalue weighted by Crippen LogP contribution is -2.20. The third-order valence-corrected chi connectivity index (χ3v) is 3.31. The molecule has 0 aliphatic rings. The zero-order valence-electron chi connectivity index (χ0n) is 11.0. The first kappa shape index (κ1) is 12.8. The summed E-state index contributed by atoms with van der Waals surface area (Å²) in [5.74, 6) is 1.38. The number of hydrogen-bond donors (Lipinski definition) is 1. The molecule has 0 aliphatic heterocycles. The van der Waals surface area contributed by atoms with Crippen LogP contribution >= 0.6 is 0 Å². The predicted molar refractivity (Wildman–Crippen MR) is 68.0 cm³/mol. The molecule has 0 spiro atoms. The van der Waals surface area contributed by atoms with Gasteiger partial charge in [0.15, 0.2) is 0 Å². The van der Waals surface area contributed by atoms with E-state index in [0.29, 0.717) is 5.56 Å². The van der Waals surface area contributed by atoms with Gasteiger partial charge in [0.2, 0.25) is 0 Å². The number of furan rings is 1. The maximum Gasteiger partial charge on any atom is 0.146 e. The van der Waals surface area contributed by atoms with Crippen LogP contribution < -0.4 is 5.32 Å². The van der Waals surface area contributed by atoms with Gasteiger partial charge in [-0.25, -0.2) is 4.39 Å². The molecule has 1 atom stereocenters. The molecular weight excluding hydrogens is 231 g/mol. The molecule has 0 radical (unpaired) electrons. The second-order valence-electron chi connectivity index (χ2n) is 4.37. The smallest absolute Gasteiger partial charge is 0.146 e. The standard InChI is InChI=1S/C14H17FN2O/c1-8-9(2)18-10(3)13(8)14(16-4)11-5-6-17-7-12(11)15/h5-7,14,16H,1-4H3. The third kappa shape index (κ3) is 2.04. The van der Waals surface area contributed by atoms with Crippen molar-refractivity contribution in [3.05, 3.63) is 52.5 Å². The van der Waals surface area contributed by atoms with Crippen molar-refractivity contribution in [2.24, 2.45) is 0 Å². The first-order chi connectivity index (χ1) is 8.56. The maximum atomic E-state index is 13.8. The molecule has 2 rings (SSSR count). The Morgan fingerprint density at radius 3 is 2.50 bits per heavy atom. The highest BCUT2D eigenvalue weighted by Crippen LogP contribution is 2.31. The molecule has 0 saturated carbocycles. The molecule has 2 aromatic rings. The number of rotatable bonds is 3. The van der Waals surface area contributed by atoms with E-state index in [9.17, 15) is 4.39 Å². The van der Waals surface area contributed by atoms with E-state index in [1.807, 2.05) is 27.8 Å². The fourth-order valence-electron chi connectivity index (χ4n) is 2.31. The molecule has 1 N–H and O–H groups in total. The van der Waals surface area contributed by atoms with Crippen molar-refractivity contribution in [1.29, 1.82) is 0 Å². The fraction of sp³-hybridized carbons (Fsp3) is 0.357. The highest BCUT2D eigenvalue weighted by Gasteiger charge is 2.23. The topological polar surface area (TPSA) is 38.1 Å². The summed E-state index contributed by atoms with van der Waals surface area (Å²) >= 11 is 0. The Kier molecular flexibility index (Phi) is 3.48. The monoisotopic (exact) mass is 248 g/mol. The quantitative estimate of drug-likeness (QED) is 0.907. The Morgan fingerprint density at radius 2 is 2.00 bits per heavy atom. The lowest BCUT2D eigenvalue weighted by Gasteiger charge is -2.17. The lowest BCUT2D eigenvalue weighted by atomic mass is 9.96. The molecule has 0 amide bonds. The van der Waals surface area contributed by atoms with Gasteiger partial charge in [-0.1, -0.05) is 0 Å². The highest BCUT2D eigenvalue weighted by molar-refractivity contribution is 5.40. The van der Waals surface area contributed by atoms with Crippen LogP contribution in [0.25, 0.3) is 0 Å². The van der Waals surface area contributed by atoms with E-state index in [0.717, 1.165) is 22.6 Å². The molecule has 2 aromatic heterocycles. The van der Waals surface area contributed by atoms with Crippen LogP contribution in [0.2, 0.25) is 0 Å². The normalized spacial score (nSPS) is 12.7. The number of nitrogens with one attached hydrogen (secondary N) is 1. The SMILES string of the molecule is CNC(c1ccncc1F)c1c(C)oc(C)c1C. The number of halogens is 1. The highest BCUT2D eigenvalue weighted by atomic mass is 19.1. The van der Waals surface area contributed by atoms with Crippen molar-refractivity contribution in [3.8, 4) is 0 Å². The Morgan fingerprint density at radius 1 is 1.28 bits per heavy atom. The summed E-state index contributed by atoms with van der Waals surface area (Å²) in [5, 5.41) is 3.14. The minimum Gasteiger partial charge on any atom is -0.466 e. The molecule has 0 fully saturated rings. The molecule has 0 aromatic carbocycles. The third-order valence-electron chi connectivity index (χ3n) is 3.31. The molecule has 4 heteroatoms. The Balaban J connectivity index is 2.56. The molecule has 0 aliphatic carbocycles. The van der Waals surface area contributed by atoms with E-state index in [4.69, 9.17) is 4.42 Å². The average Bonchev–Trinajstić information content (AvgIpc) is 2.59. The predicted octanol–water partition coefficient (Wildman–Crippen LogP) is 3.05. The van der Waals surface area contributed by atoms with Gasteiger partial charge in [-0.2, -0.15) is 0 Å². The van der Waals surface area contributed by atoms with Crippen LogP contribution in [-0.4, -0.2) is 12.0 Å². The molecule has 0 saturated heterocycles. The Hall–Kier alpha value is -1.68. The average molecular weight is 248 g/mol. The van der Waals surface area contributed by atoms with Crippen molar-refractivity contribution >= 4 is 0 Å². The van der Waals surface area contributed by atoms with Gasteiger partial charge in [0.05, 0.1) is 12.2 Å². The van der Waals surface area contributed by atoms with Crippen LogP contribution in [-0.2, 0) is 0 Å². The summed E-state index contributed by atoms with van der Waals surface area (Å²) in [4.78, 5) is 3.78. The zero-order valence-corrected chi connectivity index (χ0v) is 11.0. The largest absolute Gasteiger partial charge is 0.466 e. The van der Waals surface area contributed by atoms with Gasteiger partial charge >= 0.3 is 0 Å². The van der Waals surface area contributed by atoms with Crippen LogP contribution in [0, 0.1) is 26.6 Å². The van der Waals surface area contributed by atoms with E-state index >= 15 is 0 Å². The van der Waals surface area contributed by atoms with E-state index in [1.165, 1.54) is 6.20 Å². The lowest BCUT2D eigenvalue weighted by molar-refractivity contribution is 0.493. The van der Waals surface area contributed by atoms with Gasteiger partial charge in [-0.15, -0.1) is 0 Å².